The summed E-state index contributed by atoms with van der Waals surface area (Å²) in [5.41, 5.74) is 1.16. The van der Waals surface area contributed by atoms with Gasteiger partial charge in [0.1, 0.15) is 5.75 Å². The number of benzene rings is 1. The van der Waals surface area contributed by atoms with Crippen LogP contribution in [0.15, 0.2) is 24.3 Å². The molecule has 5 heteroatoms. The molecule has 0 heterocycles. The zero-order valence-electron chi connectivity index (χ0n) is 11.4. The van der Waals surface area contributed by atoms with Crippen LogP contribution in [0, 0.1) is 0 Å². The van der Waals surface area contributed by atoms with Gasteiger partial charge in [-0.05, 0) is 43.1 Å². The van der Waals surface area contributed by atoms with Crippen molar-refractivity contribution in [2.45, 2.75) is 6.42 Å². The van der Waals surface area contributed by atoms with Gasteiger partial charge in [-0.2, -0.15) is 0 Å². The first kappa shape index (κ1) is 17.2. The third kappa shape index (κ3) is 7.50. The Balaban J connectivity index is 0.00000137. The molecule has 0 saturated carbocycles. The largest absolute Gasteiger partial charge is 0.412 e. The van der Waals surface area contributed by atoms with Crippen molar-refractivity contribution >= 4 is 28.7 Å². The maximum atomic E-state index is 11.0. The van der Waals surface area contributed by atoms with Crippen molar-refractivity contribution in [2.75, 3.05) is 32.6 Å². The molecule has 0 atom stereocenters. The number of rotatable bonds is 4. The fourth-order valence-corrected chi connectivity index (χ4v) is 1.28. The van der Waals surface area contributed by atoms with Crippen LogP contribution in [0.5, 0.6) is 5.75 Å². The Bertz CT molecular complexity index is 357. The lowest BCUT2D eigenvalue weighted by atomic mass is 10.1. The Hall–Kier alpha value is -0.820. The van der Waals surface area contributed by atoms with Gasteiger partial charge in [-0.15, -0.1) is 0 Å². The summed E-state index contributed by atoms with van der Waals surface area (Å²) in [6, 6.07) is 7.58. The van der Waals surface area contributed by atoms with E-state index in [1.165, 1.54) is 7.05 Å². The second-order valence-corrected chi connectivity index (χ2v) is 3.84. The third-order valence-corrected chi connectivity index (χ3v) is 2.16. The normalized spacial score (nSPS) is 9.44. The Morgan fingerprint density at radius 2 is 2.06 bits per heavy atom. The Morgan fingerprint density at radius 3 is 2.61 bits per heavy atom. The highest BCUT2D eigenvalue weighted by Gasteiger charge is 2.02. The maximum absolute atomic E-state index is 11.0. The molecule has 1 amide bonds. The van der Waals surface area contributed by atoms with E-state index < -0.39 is 6.09 Å². The molecule has 0 aliphatic carbocycles. The number of likely N-dealkylation sites (N-methyl/N-ethyl adjacent to an activating group) is 1. The zero-order chi connectivity index (χ0) is 14.0. The van der Waals surface area contributed by atoms with Gasteiger partial charge in [0.15, 0.2) is 0 Å². The summed E-state index contributed by atoms with van der Waals surface area (Å²) >= 11 is 2.15. The van der Waals surface area contributed by atoms with Crippen LogP contribution in [-0.4, -0.2) is 43.6 Å². The molecule has 0 bridgehead atoms. The van der Waals surface area contributed by atoms with Gasteiger partial charge < -0.3 is 15.0 Å². The van der Waals surface area contributed by atoms with Crippen molar-refractivity contribution < 1.29 is 9.53 Å². The van der Waals surface area contributed by atoms with Crippen molar-refractivity contribution in [2.24, 2.45) is 0 Å². The van der Waals surface area contributed by atoms with Crippen molar-refractivity contribution in [3.63, 3.8) is 0 Å². The highest BCUT2D eigenvalue weighted by Crippen LogP contribution is 2.13. The first-order valence-corrected chi connectivity index (χ1v) is 7.78. The average Bonchev–Trinajstić information content (AvgIpc) is 2.39. The molecule has 0 saturated heterocycles. The smallest absolute Gasteiger partial charge is 0.410 e. The van der Waals surface area contributed by atoms with Gasteiger partial charge in [0.05, 0.1) is 0 Å². The van der Waals surface area contributed by atoms with Crippen LogP contribution in [0.4, 0.5) is 4.79 Å². The van der Waals surface area contributed by atoms with Gasteiger partial charge >= 0.3 is 6.09 Å². The number of nitrogens with one attached hydrogen (secondary N) is 1. The molecule has 1 aromatic carbocycles. The molecule has 0 aliphatic heterocycles. The quantitative estimate of drug-likeness (QED) is 0.660. The fraction of sp³-hybridized carbons (Fsp3) is 0.462. The number of amides is 1. The van der Waals surface area contributed by atoms with Crippen LogP contribution in [0.2, 0.25) is 0 Å². The Morgan fingerprint density at radius 1 is 1.39 bits per heavy atom. The molecule has 0 radical (unpaired) electrons. The highest BCUT2D eigenvalue weighted by molar-refractivity contribution is 14.1. The van der Waals surface area contributed by atoms with Gasteiger partial charge in [0.25, 0.3) is 0 Å². The predicted octanol–water partition coefficient (Wildman–Crippen LogP) is 2.56. The van der Waals surface area contributed by atoms with Crippen LogP contribution in [0.1, 0.15) is 5.56 Å². The van der Waals surface area contributed by atoms with Crippen LogP contribution in [0.25, 0.3) is 0 Å². The molecule has 0 aromatic heterocycles. The predicted molar refractivity (Wildman–Crippen MR) is 83.7 cm³/mol. The van der Waals surface area contributed by atoms with Crippen molar-refractivity contribution in [3.8, 4) is 5.75 Å². The number of ether oxygens (including phenoxy) is 1. The van der Waals surface area contributed by atoms with Gasteiger partial charge in [-0.1, -0.05) is 34.7 Å². The molecule has 1 rings (SSSR count). The summed E-state index contributed by atoms with van der Waals surface area (Å²) in [7, 11) is 5.61. The topological polar surface area (TPSA) is 41.6 Å². The van der Waals surface area contributed by atoms with Crippen molar-refractivity contribution in [3.05, 3.63) is 29.8 Å². The number of halogens is 1. The standard InChI is InChI=1S/C12H18N2O2.CH3I/c1-13-12(15)16-11-6-4-5-10(9-11)7-8-14(2)3;1-2/h4-6,9H,7-8H2,1-3H3,(H,13,15);1H3. The number of carbonyl (C=O) groups is 1. The van der Waals surface area contributed by atoms with E-state index in [-0.39, 0.29) is 0 Å². The van der Waals surface area contributed by atoms with Gasteiger partial charge in [-0.25, -0.2) is 4.79 Å². The summed E-state index contributed by atoms with van der Waals surface area (Å²) in [6.07, 6.45) is 0.502. The van der Waals surface area contributed by atoms with Gasteiger partial charge in [-0.3, -0.25) is 0 Å². The van der Waals surface area contributed by atoms with E-state index in [2.05, 4.69) is 32.8 Å². The fourth-order valence-electron chi connectivity index (χ4n) is 1.28. The number of carbonyl (C=O) groups excluding carboxylic acids is 1. The summed E-state index contributed by atoms with van der Waals surface area (Å²) in [6.45, 7) is 0.976. The van der Waals surface area contributed by atoms with E-state index in [0.29, 0.717) is 5.75 Å². The Labute approximate surface area is 123 Å². The maximum Gasteiger partial charge on any atom is 0.412 e. The molecule has 0 aliphatic rings. The minimum Gasteiger partial charge on any atom is -0.410 e. The first-order valence-electron chi connectivity index (χ1n) is 5.63. The van der Waals surface area contributed by atoms with E-state index in [9.17, 15) is 4.79 Å². The summed E-state index contributed by atoms with van der Waals surface area (Å²) in [4.78, 5) is 15.1. The van der Waals surface area contributed by atoms with Crippen molar-refractivity contribution in [1.29, 1.82) is 0 Å². The second-order valence-electron chi connectivity index (χ2n) is 3.84. The number of hydrogen-bond acceptors (Lipinski definition) is 3. The lowest BCUT2D eigenvalue weighted by Gasteiger charge is -2.10. The summed E-state index contributed by atoms with van der Waals surface area (Å²) in [5.74, 6) is 0.579. The van der Waals surface area contributed by atoms with E-state index in [1.54, 1.807) is 6.07 Å². The van der Waals surface area contributed by atoms with E-state index in [0.717, 1.165) is 18.5 Å². The average molecular weight is 364 g/mol. The van der Waals surface area contributed by atoms with Crippen LogP contribution in [0.3, 0.4) is 0 Å². The number of alkyl halides is 1. The van der Waals surface area contributed by atoms with E-state index >= 15 is 0 Å². The van der Waals surface area contributed by atoms with Crippen LogP contribution < -0.4 is 10.1 Å². The molecule has 1 aromatic rings. The number of nitrogens with zero attached hydrogens (tertiary/aromatic N) is 1. The second kappa shape index (κ2) is 10.1. The molecule has 0 fully saturated rings. The monoisotopic (exact) mass is 364 g/mol. The molecular formula is C13H21IN2O2. The lowest BCUT2D eigenvalue weighted by molar-refractivity contribution is 0.203. The van der Waals surface area contributed by atoms with Gasteiger partial charge in [0.2, 0.25) is 0 Å². The van der Waals surface area contributed by atoms with Crippen LogP contribution in [-0.2, 0) is 6.42 Å². The summed E-state index contributed by atoms with van der Waals surface area (Å²) < 4.78 is 5.05. The van der Waals surface area contributed by atoms with Gasteiger partial charge in [0, 0.05) is 13.6 Å². The van der Waals surface area contributed by atoms with E-state index in [4.69, 9.17) is 4.74 Å². The summed E-state index contributed by atoms with van der Waals surface area (Å²) in [5, 5.41) is 2.41. The third-order valence-electron chi connectivity index (χ3n) is 2.16. The molecule has 0 unspecified atom stereocenters. The molecule has 4 nitrogen and oxygen atoms in total. The highest BCUT2D eigenvalue weighted by atomic mass is 127. The minimum atomic E-state index is -0.440. The first-order chi connectivity index (χ1) is 8.61. The SMILES string of the molecule is CI.CNC(=O)Oc1cccc(CCN(C)C)c1. The number of hydrogen-bond donors (Lipinski definition) is 1. The molecule has 18 heavy (non-hydrogen) atoms. The van der Waals surface area contributed by atoms with Crippen molar-refractivity contribution in [1.82, 2.24) is 10.2 Å². The molecular weight excluding hydrogens is 343 g/mol. The van der Waals surface area contributed by atoms with Crippen LogP contribution >= 0.6 is 22.6 Å². The van der Waals surface area contributed by atoms with E-state index in [1.807, 2.05) is 37.2 Å². The molecule has 1 N–H and O–H groups in total. The minimum absolute atomic E-state index is 0.440. The zero-order valence-corrected chi connectivity index (χ0v) is 13.5. The molecule has 102 valence electrons. The molecule has 0 spiro atoms. The Kier molecular flexibility index (Phi) is 9.67. The lowest BCUT2D eigenvalue weighted by Crippen LogP contribution is -2.22.